The Balaban J connectivity index is 0.000000242. The van der Waals surface area contributed by atoms with E-state index in [4.69, 9.17) is 53.1 Å². The molecule has 6 aromatic rings. The Kier molecular flexibility index (Phi) is 24.6. The zero-order chi connectivity index (χ0) is 65.0. The van der Waals surface area contributed by atoms with Crippen LogP contribution in [0.25, 0.3) is 22.3 Å². The molecule has 8 rings (SSSR count). The summed E-state index contributed by atoms with van der Waals surface area (Å²) in [5.74, 6) is 0.174. The maximum absolute atomic E-state index is 13.3. The molecule has 3 amide bonds. The van der Waals surface area contributed by atoms with Gasteiger partial charge in [-0.2, -0.15) is 0 Å². The van der Waals surface area contributed by atoms with Crippen LogP contribution in [0.2, 0.25) is 0 Å². The van der Waals surface area contributed by atoms with Crippen LogP contribution in [0.4, 0.5) is 9.59 Å². The zero-order valence-electron chi connectivity index (χ0n) is 52.6. The number of ether oxygens (including phenoxy) is 10. The van der Waals surface area contributed by atoms with Gasteiger partial charge in [0.05, 0.1) is 42.7 Å². The number of aliphatic carboxylic acids is 1. The molecule has 21 heteroatoms. The van der Waals surface area contributed by atoms with Gasteiger partial charge in [-0.3, -0.25) is 14.4 Å². The van der Waals surface area contributed by atoms with Crippen LogP contribution in [-0.4, -0.2) is 120 Å². The second-order valence-corrected chi connectivity index (χ2v) is 22.6. The lowest BCUT2D eigenvalue weighted by Crippen LogP contribution is -2.47. The van der Waals surface area contributed by atoms with Crippen molar-refractivity contribution in [3.8, 4) is 56.8 Å². The normalized spacial score (nSPS) is 12.6. The number of nitrogens with one attached hydrogen (secondary N) is 3. The molecule has 0 aromatic heterocycles. The summed E-state index contributed by atoms with van der Waals surface area (Å²) < 4.78 is 53.3. The van der Waals surface area contributed by atoms with E-state index < -0.39 is 59.3 Å². The fourth-order valence-corrected chi connectivity index (χ4v) is 10.2. The molecule has 0 heterocycles. The maximum Gasteiger partial charge on any atom is 0.407 e. The average Bonchev–Trinajstić information content (AvgIpc) is 2.11. The van der Waals surface area contributed by atoms with Gasteiger partial charge in [0.1, 0.15) is 36.5 Å². The smallest absolute Gasteiger partial charge is 0.407 e. The van der Waals surface area contributed by atoms with Crippen molar-refractivity contribution in [3.05, 3.63) is 155 Å². The molecule has 6 aromatic carbocycles. The molecular weight excluding hydrogens is 1140 g/mol. The molecule has 0 saturated heterocycles. The van der Waals surface area contributed by atoms with E-state index in [0.717, 1.165) is 50.1 Å². The average molecular weight is 1230 g/mol. The summed E-state index contributed by atoms with van der Waals surface area (Å²) in [5.41, 5.74) is 14.5. The lowest BCUT2D eigenvalue weighted by atomic mass is 9.98. The van der Waals surface area contributed by atoms with Crippen LogP contribution < -0.4 is 50.1 Å². The number of rotatable bonds is 23. The molecule has 6 N–H and O–H groups in total. The van der Waals surface area contributed by atoms with Crippen LogP contribution in [0.5, 0.6) is 34.5 Å². The number of carboxylic acids is 1. The van der Waals surface area contributed by atoms with Crippen molar-refractivity contribution in [2.24, 2.45) is 5.73 Å². The van der Waals surface area contributed by atoms with E-state index in [1.807, 2.05) is 97.1 Å². The Morgan fingerprint density at radius 1 is 0.483 bits per heavy atom. The largest absolute Gasteiger partial charge is 0.493 e. The number of carboxylic acid groups (broad SMARTS) is 1. The van der Waals surface area contributed by atoms with Crippen molar-refractivity contribution < 1.29 is 81.2 Å². The van der Waals surface area contributed by atoms with Crippen LogP contribution in [-0.2, 0) is 51.2 Å². The second kappa shape index (κ2) is 31.9. The van der Waals surface area contributed by atoms with Crippen molar-refractivity contribution in [1.29, 1.82) is 0 Å². The molecule has 0 unspecified atom stereocenters. The van der Waals surface area contributed by atoms with Gasteiger partial charge >= 0.3 is 30.1 Å². The first-order chi connectivity index (χ1) is 42.5. The molecule has 476 valence electrons. The molecule has 21 nitrogen and oxygen atoms in total. The van der Waals surface area contributed by atoms with E-state index in [9.17, 15) is 33.9 Å². The summed E-state index contributed by atoms with van der Waals surface area (Å²) in [4.78, 5) is 74.5. The molecule has 0 radical (unpaired) electrons. The van der Waals surface area contributed by atoms with Crippen LogP contribution >= 0.6 is 0 Å². The molecule has 0 bridgehead atoms. The van der Waals surface area contributed by atoms with Crippen molar-refractivity contribution in [3.63, 3.8) is 0 Å². The SMILES string of the molecule is CC(C)(C)OC(=O)CC[C@H](NC(=O)OCC1c2ccccc2-c2ccccc21)C(=O)O.COc1cc(CN)cc(OC)c1OC.COc1cc(CNC(=O)[C@H](CCC(=O)OC(C)(C)C)NC(=O)OCC2c3ccccc3-c3ccccc32)cc(OC)c1OC. The molecule has 0 spiro atoms. The minimum absolute atomic E-state index is 0.0141. The van der Waals surface area contributed by atoms with Gasteiger partial charge in [-0.25, -0.2) is 14.4 Å². The minimum Gasteiger partial charge on any atom is -0.493 e. The van der Waals surface area contributed by atoms with Crippen LogP contribution in [0.1, 0.15) is 112 Å². The Morgan fingerprint density at radius 3 is 1.12 bits per heavy atom. The number of carbonyl (C=O) groups excluding carboxylic acids is 5. The quantitative estimate of drug-likeness (QED) is 0.0294. The summed E-state index contributed by atoms with van der Waals surface area (Å²) in [5, 5.41) is 17.2. The summed E-state index contributed by atoms with van der Waals surface area (Å²) >= 11 is 0. The molecule has 2 aliphatic carbocycles. The van der Waals surface area contributed by atoms with E-state index >= 15 is 0 Å². The fourth-order valence-electron chi connectivity index (χ4n) is 10.2. The number of alkyl carbamates (subject to hydrolysis) is 2. The monoisotopic (exact) mass is 1230 g/mol. The van der Waals surface area contributed by atoms with Crippen LogP contribution in [0.15, 0.2) is 121 Å². The van der Waals surface area contributed by atoms with E-state index in [0.29, 0.717) is 46.6 Å². The topological polar surface area (TPSA) is 277 Å². The number of amides is 3. The Morgan fingerprint density at radius 2 is 0.809 bits per heavy atom. The number of nitrogens with two attached hydrogens (primary N) is 1. The number of hydrogen-bond donors (Lipinski definition) is 5. The standard InChI is InChI=1S/C34H40N2O8.C24H27NO6.C10H15NO3/c1-34(2,3)44-30(37)16-15-27(32(38)35-19-21-17-28(40-4)31(42-6)29(18-21)41-5)36-33(39)43-20-26-24-13-9-7-11-22(24)23-12-8-10-14-25(23)26;1-24(2,3)31-21(26)13-12-20(22(27)28)25-23(29)30-14-19-17-10-6-4-8-15(17)16-9-5-7-11-18(16)19;1-12-8-4-7(6-11)5-9(13-2)10(8)14-3/h7-14,17-18,26-27H,15-16,19-20H2,1-6H3,(H,35,38)(H,36,39);4-11,19-20H,12-14H2,1-3H3,(H,25,29)(H,27,28);4-5H,6,11H2,1-3H3/t27-;20-;/m00./s1. The van der Waals surface area contributed by atoms with E-state index in [-0.39, 0.29) is 57.3 Å². The molecule has 0 aliphatic heterocycles. The van der Waals surface area contributed by atoms with Crippen molar-refractivity contribution in [2.75, 3.05) is 55.9 Å². The molecule has 2 atom stereocenters. The highest BCUT2D eigenvalue weighted by Gasteiger charge is 2.33. The van der Waals surface area contributed by atoms with Gasteiger partial charge in [0.15, 0.2) is 23.0 Å². The van der Waals surface area contributed by atoms with Gasteiger partial charge in [0, 0.05) is 37.8 Å². The minimum atomic E-state index is -1.25. The maximum atomic E-state index is 13.3. The zero-order valence-corrected chi connectivity index (χ0v) is 52.6. The first kappa shape index (κ1) is 68.6. The predicted molar refractivity (Wildman–Crippen MR) is 334 cm³/mol. The van der Waals surface area contributed by atoms with Crippen LogP contribution in [0, 0.1) is 0 Å². The number of carbonyl (C=O) groups is 6. The summed E-state index contributed by atoms with van der Waals surface area (Å²) in [6, 6.07) is 36.7. The second-order valence-electron chi connectivity index (χ2n) is 22.6. The lowest BCUT2D eigenvalue weighted by Gasteiger charge is -2.22. The number of fused-ring (bicyclic) bond motifs is 6. The van der Waals surface area contributed by atoms with Gasteiger partial charge in [-0.1, -0.05) is 97.1 Å². The first-order valence-electron chi connectivity index (χ1n) is 28.9. The third-order valence-electron chi connectivity index (χ3n) is 14.2. The van der Waals surface area contributed by atoms with Gasteiger partial charge in [-0.05, 0) is 134 Å². The first-order valence-corrected chi connectivity index (χ1v) is 28.9. The van der Waals surface area contributed by atoms with Crippen LogP contribution in [0.3, 0.4) is 0 Å². The number of benzene rings is 6. The third-order valence-corrected chi connectivity index (χ3v) is 14.2. The van der Waals surface area contributed by atoms with Gasteiger partial charge in [-0.15, -0.1) is 0 Å². The van der Waals surface area contributed by atoms with E-state index in [1.54, 1.807) is 75.0 Å². The summed E-state index contributed by atoms with van der Waals surface area (Å²) in [6.45, 7) is 11.2. The Hall–Kier alpha value is -9.50. The molecule has 2 aliphatic rings. The third kappa shape index (κ3) is 19.0. The lowest BCUT2D eigenvalue weighted by molar-refractivity contribution is -0.156. The van der Waals surface area contributed by atoms with Gasteiger partial charge in [0.25, 0.3) is 0 Å². The van der Waals surface area contributed by atoms with Crippen molar-refractivity contribution in [1.82, 2.24) is 16.0 Å². The Bertz CT molecular complexity index is 3290. The van der Waals surface area contributed by atoms with Crippen molar-refractivity contribution in [2.45, 2.75) is 115 Å². The molecule has 0 saturated carbocycles. The van der Waals surface area contributed by atoms with Gasteiger partial charge < -0.3 is 74.2 Å². The number of esters is 2. The Labute approximate surface area is 519 Å². The highest BCUT2D eigenvalue weighted by molar-refractivity contribution is 5.87. The number of methoxy groups -OCH3 is 6. The summed E-state index contributed by atoms with van der Waals surface area (Å²) in [7, 11) is 9.25. The summed E-state index contributed by atoms with van der Waals surface area (Å²) in [6.07, 6.45) is -1.88. The highest BCUT2D eigenvalue weighted by atomic mass is 16.6. The number of hydrogen-bond acceptors (Lipinski definition) is 17. The van der Waals surface area contributed by atoms with Crippen molar-refractivity contribution >= 4 is 36.0 Å². The van der Waals surface area contributed by atoms with E-state index in [2.05, 4.69) is 28.1 Å². The predicted octanol–water partition coefficient (Wildman–Crippen LogP) is 10.6. The fraction of sp³-hybridized carbons (Fsp3) is 0.382. The molecule has 89 heavy (non-hydrogen) atoms. The molecular formula is C68H82N4O17. The molecule has 0 fully saturated rings. The van der Waals surface area contributed by atoms with E-state index in [1.165, 1.54) is 21.3 Å². The highest BCUT2D eigenvalue weighted by Crippen LogP contribution is 2.46. The van der Waals surface area contributed by atoms with Gasteiger partial charge in [0.2, 0.25) is 17.4 Å².